The van der Waals surface area contributed by atoms with Crippen molar-refractivity contribution in [1.82, 2.24) is 10.2 Å². The normalized spacial score (nSPS) is 28.3. The van der Waals surface area contributed by atoms with Crippen molar-refractivity contribution in [1.29, 1.82) is 0 Å². The molecular weight excluding hydrogens is 309 g/mol. The first-order valence-corrected chi connectivity index (χ1v) is 8.62. The topological polar surface area (TPSA) is 53.9 Å². The third-order valence-corrected chi connectivity index (χ3v) is 5.32. The summed E-state index contributed by atoms with van der Waals surface area (Å²) >= 11 is 0. The lowest BCUT2D eigenvalue weighted by Crippen LogP contribution is -3.09. The van der Waals surface area contributed by atoms with Gasteiger partial charge in [-0.2, -0.15) is 0 Å². The standard InChI is InChI=1S/C18H24FN3O2/c1-13-6-3-4-9-18(13)16(23)22(17(24)20-18)12-21(2)11-14-7-5-8-15(19)10-14/h5,7-8,10,13H,3-4,6,9,11-12H2,1-2H3,(H,20,24)/p+1/t13-,18-/m0/s1. The van der Waals surface area contributed by atoms with Crippen molar-refractivity contribution in [3.05, 3.63) is 35.6 Å². The van der Waals surface area contributed by atoms with Crippen LogP contribution < -0.4 is 10.2 Å². The zero-order chi connectivity index (χ0) is 17.3. The summed E-state index contributed by atoms with van der Waals surface area (Å²) in [5.41, 5.74) is 0.134. The molecule has 1 spiro atoms. The summed E-state index contributed by atoms with van der Waals surface area (Å²) in [6, 6.07) is 6.12. The zero-order valence-corrected chi connectivity index (χ0v) is 14.3. The summed E-state index contributed by atoms with van der Waals surface area (Å²) in [6.45, 7) is 2.89. The van der Waals surface area contributed by atoms with Crippen LogP contribution >= 0.6 is 0 Å². The lowest BCUT2D eigenvalue weighted by Gasteiger charge is -2.36. The molecule has 0 radical (unpaired) electrons. The Hall–Kier alpha value is -1.95. The number of rotatable bonds is 4. The third kappa shape index (κ3) is 3.02. The minimum absolute atomic E-state index is 0.0988. The second kappa shape index (κ2) is 6.51. The molecule has 1 unspecified atom stereocenters. The van der Waals surface area contributed by atoms with Gasteiger partial charge in [-0.15, -0.1) is 0 Å². The van der Waals surface area contributed by atoms with Crippen LogP contribution in [0.15, 0.2) is 24.3 Å². The summed E-state index contributed by atoms with van der Waals surface area (Å²) in [4.78, 5) is 27.6. The predicted octanol–water partition coefficient (Wildman–Crippen LogP) is 1.30. The van der Waals surface area contributed by atoms with E-state index >= 15 is 0 Å². The minimum atomic E-state index is -0.714. The number of hydrogen-bond donors (Lipinski definition) is 2. The van der Waals surface area contributed by atoms with Crippen molar-refractivity contribution < 1.29 is 18.9 Å². The fourth-order valence-electron chi connectivity index (χ4n) is 3.96. The molecule has 130 valence electrons. The number of urea groups is 1. The average Bonchev–Trinajstić information content (AvgIpc) is 2.75. The Labute approximate surface area is 141 Å². The van der Waals surface area contributed by atoms with Crippen molar-refractivity contribution in [2.45, 2.75) is 44.7 Å². The Bertz CT molecular complexity index is 651. The number of carbonyl (C=O) groups is 2. The minimum Gasteiger partial charge on any atom is -0.323 e. The maximum absolute atomic E-state index is 13.3. The Morgan fingerprint density at radius 1 is 1.38 bits per heavy atom. The van der Waals surface area contributed by atoms with Crippen LogP contribution in [0.1, 0.15) is 38.2 Å². The van der Waals surface area contributed by atoms with Gasteiger partial charge in [0, 0.05) is 5.56 Å². The van der Waals surface area contributed by atoms with E-state index in [1.165, 1.54) is 17.0 Å². The SMILES string of the molecule is C[C@H]1CCCC[C@]12NC(=O)N(C[NH+](C)Cc1cccc(F)c1)C2=O. The molecule has 1 aliphatic heterocycles. The smallest absolute Gasteiger partial charge is 0.323 e. The molecule has 2 fully saturated rings. The lowest BCUT2D eigenvalue weighted by molar-refractivity contribution is -0.901. The maximum Gasteiger partial charge on any atom is 0.329 e. The first-order valence-electron chi connectivity index (χ1n) is 8.62. The molecule has 6 heteroatoms. The summed E-state index contributed by atoms with van der Waals surface area (Å²) in [5.74, 6) is -0.209. The molecule has 0 bridgehead atoms. The van der Waals surface area contributed by atoms with E-state index in [9.17, 15) is 14.0 Å². The monoisotopic (exact) mass is 334 g/mol. The summed E-state index contributed by atoms with van der Waals surface area (Å²) in [6.07, 6.45) is 3.76. The third-order valence-electron chi connectivity index (χ3n) is 5.32. The summed E-state index contributed by atoms with van der Waals surface area (Å²) < 4.78 is 13.3. The highest BCUT2D eigenvalue weighted by Gasteiger charge is 2.55. The molecule has 1 saturated carbocycles. The van der Waals surface area contributed by atoms with E-state index in [0.29, 0.717) is 6.54 Å². The van der Waals surface area contributed by atoms with Gasteiger partial charge in [-0.05, 0) is 30.9 Å². The van der Waals surface area contributed by atoms with Crippen LogP contribution in [0.25, 0.3) is 0 Å². The highest BCUT2D eigenvalue weighted by molar-refractivity contribution is 6.07. The van der Waals surface area contributed by atoms with Crippen LogP contribution in [0, 0.1) is 11.7 Å². The van der Waals surface area contributed by atoms with Gasteiger partial charge in [0.15, 0.2) is 6.67 Å². The highest BCUT2D eigenvalue weighted by Crippen LogP contribution is 2.37. The van der Waals surface area contributed by atoms with Gasteiger partial charge in [-0.25, -0.2) is 14.1 Å². The Balaban J connectivity index is 1.68. The van der Waals surface area contributed by atoms with Gasteiger partial charge in [-0.1, -0.05) is 31.9 Å². The summed E-state index contributed by atoms with van der Waals surface area (Å²) in [7, 11) is 1.90. The number of amides is 3. The molecule has 0 aromatic heterocycles. The first kappa shape index (κ1) is 16.9. The van der Waals surface area contributed by atoms with Crippen molar-refractivity contribution in [3.8, 4) is 0 Å². The Morgan fingerprint density at radius 2 is 2.17 bits per heavy atom. The quantitative estimate of drug-likeness (QED) is 0.816. The maximum atomic E-state index is 13.3. The van der Waals surface area contributed by atoms with Crippen molar-refractivity contribution in [2.75, 3.05) is 13.7 Å². The van der Waals surface area contributed by atoms with Crippen molar-refractivity contribution >= 4 is 11.9 Å². The van der Waals surface area contributed by atoms with E-state index < -0.39 is 5.54 Å². The fourth-order valence-corrected chi connectivity index (χ4v) is 3.96. The van der Waals surface area contributed by atoms with Crippen LogP contribution in [-0.4, -0.2) is 36.1 Å². The second-order valence-electron chi connectivity index (χ2n) is 7.20. The lowest BCUT2D eigenvalue weighted by atomic mass is 9.73. The second-order valence-corrected chi connectivity index (χ2v) is 7.20. The van der Waals surface area contributed by atoms with E-state index in [1.54, 1.807) is 6.07 Å². The molecular formula is C18H25FN3O2+. The number of benzene rings is 1. The molecule has 1 aliphatic carbocycles. The number of quaternary nitrogens is 1. The molecule has 1 aromatic carbocycles. The molecule has 1 aromatic rings. The van der Waals surface area contributed by atoms with Crippen molar-refractivity contribution in [3.63, 3.8) is 0 Å². The van der Waals surface area contributed by atoms with E-state index in [1.807, 2.05) is 20.0 Å². The molecule has 24 heavy (non-hydrogen) atoms. The fraction of sp³-hybridized carbons (Fsp3) is 0.556. The van der Waals surface area contributed by atoms with Gasteiger partial charge >= 0.3 is 6.03 Å². The number of hydrogen-bond acceptors (Lipinski definition) is 2. The number of carbonyl (C=O) groups excluding carboxylic acids is 2. The van der Waals surface area contributed by atoms with Gasteiger partial charge in [0.2, 0.25) is 0 Å². The zero-order valence-electron chi connectivity index (χ0n) is 14.3. The average molecular weight is 334 g/mol. The Morgan fingerprint density at radius 3 is 2.88 bits per heavy atom. The number of halogens is 1. The van der Waals surface area contributed by atoms with Crippen LogP contribution in [0.5, 0.6) is 0 Å². The van der Waals surface area contributed by atoms with Gasteiger partial charge in [0.25, 0.3) is 5.91 Å². The van der Waals surface area contributed by atoms with E-state index in [4.69, 9.17) is 0 Å². The van der Waals surface area contributed by atoms with Gasteiger partial charge < -0.3 is 10.2 Å². The molecule has 2 aliphatic rings. The van der Waals surface area contributed by atoms with Gasteiger partial charge in [-0.3, -0.25) is 4.79 Å². The van der Waals surface area contributed by atoms with Gasteiger partial charge in [0.05, 0.1) is 7.05 Å². The predicted molar refractivity (Wildman–Crippen MR) is 87.6 cm³/mol. The molecule has 3 amide bonds. The number of nitrogens with zero attached hydrogens (tertiary/aromatic N) is 1. The van der Waals surface area contributed by atoms with E-state index in [0.717, 1.165) is 36.1 Å². The largest absolute Gasteiger partial charge is 0.329 e. The molecule has 1 heterocycles. The van der Waals surface area contributed by atoms with Crippen LogP contribution in [0.3, 0.4) is 0 Å². The highest BCUT2D eigenvalue weighted by atomic mass is 19.1. The molecule has 2 N–H and O–H groups in total. The molecule has 3 rings (SSSR count). The number of imide groups is 1. The Kier molecular flexibility index (Phi) is 4.58. The molecule has 5 nitrogen and oxygen atoms in total. The summed E-state index contributed by atoms with van der Waals surface area (Å²) in [5, 5.41) is 2.96. The van der Waals surface area contributed by atoms with E-state index in [2.05, 4.69) is 5.32 Å². The van der Waals surface area contributed by atoms with Gasteiger partial charge in [0.1, 0.15) is 17.9 Å². The number of nitrogens with one attached hydrogen (secondary N) is 2. The van der Waals surface area contributed by atoms with Crippen LogP contribution in [0.2, 0.25) is 0 Å². The van der Waals surface area contributed by atoms with E-state index in [-0.39, 0.29) is 30.3 Å². The van der Waals surface area contributed by atoms with Crippen LogP contribution in [0.4, 0.5) is 9.18 Å². The first-order chi connectivity index (χ1) is 11.4. The molecule has 1 saturated heterocycles. The van der Waals surface area contributed by atoms with Crippen molar-refractivity contribution in [2.24, 2.45) is 5.92 Å². The molecule has 3 atom stereocenters. The van der Waals surface area contributed by atoms with Crippen LogP contribution in [-0.2, 0) is 11.3 Å².